The van der Waals surface area contributed by atoms with Gasteiger partial charge in [-0.1, -0.05) is 18.2 Å². The van der Waals surface area contributed by atoms with Gasteiger partial charge in [0.25, 0.3) is 0 Å². The fourth-order valence-electron chi connectivity index (χ4n) is 3.21. The number of anilines is 1. The largest absolute Gasteiger partial charge is 0.388 e. The Balaban J connectivity index is 1.93. The van der Waals surface area contributed by atoms with E-state index >= 15 is 0 Å². The van der Waals surface area contributed by atoms with Gasteiger partial charge in [0.1, 0.15) is 0 Å². The molecule has 0 atom stereocenters. The number of carbonyl (C=O) groups is 1. The predicted octanol–water partition coefficient (Wildman–Crippen LogP) is 4.00. The lowest BCUT2D eigenvalue weighted by Crippen LogP contribution is -2.30. The third kappa shape index (κ3) is 3.61. The van der Waals surface area contributed by atoms with Crippen LogP contribution < -0.4 is 5.32 Å². The second kappa shape index (κ2) is 6.52. The molecule has 126 valence electrons. The second-order valence-electron chi connectivity index (χ2n) is 6.96. The average molecular weight is 331 g/mol. The van der Waals surface area contributed by atoms with Crippen LogP contribution >= 0.6 is 0 Å². The monoisotopic (exact) mass is 331 g/mol. The number of hydrogen-bond acceptors (Lipinski definition) is 4. The highest BCUT2D eigenvalue weighted by Gasteiger charge is 2.28. The van der Waals surface area contributed by atoms with Gasteiger partial charge in [-0.3, -0.25) is 9.79 Å². The van der Waals surface area contributed by atoms with E-state index in [1.165, 1.54) is 5.56 Å². The van der Waals surface area contributed by atoms with Crippen LogP contribution in [0.3, 0.4) is 0 Å². The molecule has 4 heteroatoms. The molecule has 0 saturated carbocycles. The van der Waals surface area contributed by atoms with Gasteiger partial charge in [0.05, 0.1) is 29.3 Å². The summed E-state index contributed by atoms with van der Waals surface area (Å²) in [5, 5.41) is 12.0. The number of benzene rings is 2. The van der Waals surface area contributed by atoms with Gasteiger partial charge in [-0.05, 0) is 50.1 Å². The molecule has 0 aromatic heterocycles. The van der Waals surface area contributed by atoms with Gasteiger partial charge < -0.3 is 5.32 Å². The number of ketones is 1. The first-order valence-electron chi connectivity index (χ1n) is 8.35. The third-order valence-electron chi connectivity index (χ3n) is 4.43. The van der Waals surface area contributed by atoms with Crippen LogP contribution in [0.15, 0.2) is 47.5 Å². The lowest BCUT2D eigenvalue weighted by Gasteiger charge is -2.29. The van der Waals surface area contributed by atoms with Crippen molar-refractivity contribution in [3.8, 4) is 6.07 Å². The molecule has 1 heterocycles. The fraction of sp³-hybridized carbons (Fsp3) is 0.286. The number of aliphatic imine (C=N–C) groups is 1. The van der Waals surface area contributed by atoms with Gasteiger partial charge in [0.15, 0.2) is 5.78 Å². The molecule has 0 fully saturated rings. The normalized spacial score (nSPS) is 14.9. The van der Waals surface area contributed by atoms with E-state index in [9.17, 15) is 4.79 Å². The number of fused-ring (bicyclic) bond motifs is 1. The number of nitrogens with zero attached hydrogens (tertiary/aromatic N) is 2. The first kappa shape index (κ1) is 16.9. The molecule has 4 nitrogen and oxygen atoms in total. The van der Waals surface area contributed by atoms with Crippen LogP contribution in [0.4, 0.5) is 5.69 Å². The maximum atomic E-state index is 12.7. The highest BCUT2D eigenvalue weighted by molar-refractivity contribution is 6.17. The summed E-state index contributed by atoms with van der Waals surface area (Å²) in [5.41, 5.74) is 5.06. The molecule has 1 N–H and O–H groups in total. The fourth-order valence-corrected chi connectivity index (χ4v) is 3.21. The van der Waals surface area contributed by atoms with Crippen molar-refractivity contribution in [1.82, 2.24) is 0 Å². The number of rotatable bonds is 4. The molecular formula is C21H21N3O. The molecular weight excluding hydrogens is 310 g/mol. The summed E-state index contributed by atoms with van der Waals surface area (Å²) in [4.78, 5) is 17.6. The maximum Gasteiger partial charge on any atom is 0.168 e. The number of nitrogens with one attached hydrogen (secondary N) is 1. The van der Waals surface area contributed by atoms with Gasteiger partial charge in [-0.15, -0.1) is 0 Å². The summed E-state index contributed by atoms with van der Waals surface area (Å²) in [6, 6.07) is 15.1. The zero-order chi connectivity index (χ0) is 18.0. The minimum absolute atomic E-state index is 0.0155. The first-order valence-corrected chi connectivity index (χ1v) is 8.35. The van der Waals surface area contributed by atoms with Gasteiger partial charge in [-0.2, -0.15) is 5.26 Å². The Bertz CT molecular complexity index is 886. The van der Waals surface area contributed by atoms with Crippen LogP contribution in [-0.2, 0) is 6.42 Å². The topological polar surface area (TPSA) is 65.2 Å². The van der Waals surface area contributed by atoms with Crippen molar-refractivity contribution < 1.29 is 4.79 Å². The van der Waals surface area contributed by atoms with Crippen molar-refractivity contribution in [3.05, 3.63) is 64.7 Å². The molecule has 2 aromatic carbocycles. The first-order chi connectivity index (χ1) is 11.9. The van der Waals surface area contributed by atoms with Crippen molar-refractivity contribution in [2.75, 3.05) is 12.4 Å². The number of carbonyl (C=O) groups excluding carboxylic acids is 1. The Morgan fingerprint density at radius 1 is 1.24 bits per heavy atom. The Hall–Kier alpha value is -2.93. The SMILES string of the molecule is CNc1ccc2c(c1)C(CC(=O)c1ccc(C#N)cc1)=NC(C)(C)C2. The van der Waals surface area contributed by atoms with Crippen LogP contribution in [0.25, 0.3) is 0 Å². The lowest BCUT2D eigenvalue weighted by atomic mass is 9.85. The minimum atomic E-state index is -0.214. The minimum Gasteiger partial charge on any atom is -0.388 e. The zero-order valence-corrected chi connectivity index (χ0v) is 14.8. The second-order valence-corrected chi connectivity index (χ2v) is 6.96. The van der Waals surface area contributed by atoms with Gasteiger partial charge in [-0.25, -0.2) is 0 Å². The van der Waals surface area contributed by atoms with Crippen molar-refractivity contribution in [2.45, 2.75) is 32.2 Å². The zero-order valence-electron chi connectivity index (χ0n) is 14.8. The Labute approximate surface area is 148 Å². The molecule has 0 aliphatic carbocycles. The third-order valence-corrected chi connectivity index (χ3v) is 4.43. The van der Waals surface area contributed by atoms with E-state index in [4.69, 9.17) is 10.3 Å². The lowest BCUT2D eigenvalue weighted by molar-refractivity contribution is 0.100. The molecule has 0 spiro atoms. The number of Topliss-reactive ketones (excluding diaryl/α,β-unsaturated/α-hetero) is 1. The van der Waals surface area contributed by atoms with Gasteiger partial charge in [0, 0.05) is 23.9 Å². The number of hydrogen-bond donors (Lipinski definition) is 1. The van der Waals surface area contributed by atoms with E-state index in [0.29, 0.717) is 11.1 Å². The summed E-state index contributed by atoms with van der Waals surface area (Å²) in [5.74, 6) is 0.0155. The summed E-state index contributed by atoms with van der Waals surface area (Å²) in [6.45, 7) is 4.18. The molecule has 0 bridgehead atoms. The Kier molecular flexibility index (Phi) is 4.41. The summed E-state index contributed by atoms with van der Waals surface area (Å²) >= 11 is 0. The quantitative estimate of drug-likeness (QED) is 0.861. The van der Waals surface area contributed by atoms with E-state index < -0.39 is 0 Å². The summed E-state index contributed by atoms with van der Waals surface area (Å²) in [7, 11) is 1.88. The molecule has 0 unspecified atom stereocenters. The highest BCUT2D eigenvalue weighted by Crippen LogP contribution is 2.30. The molecule has 25 heavy (non-hydrogen) atoms. The molecule has 1 aliphatic heterocycles. The van der Waals surface area contributed by atoms with Crippen molar-refractivity contribution in [1.29, 1.82) is 5.26 Å². The molecule has 3 rings (SSSR count). The van der Waals surface area contributed by atoms with Crippen LogP contribution in [0.2, 0.25) is 0 Å². The van der Waals surface area contributed by atoms with E-state index in [1.807, 2.05) is 7.05 Å². The predicted molar refractivity (Wildman–Crippen MR) is 100 cm³/mol. The highest BCUT2D eigenvalue weighted by atomic mass is 16.1. The summed E-state index contributed by atoms with van der Waals surface area (Å²) in [6.07, 6.45) is 1.12. The van der Waals surface area contributed by atoms with Crippen LogP contribution in [-0.4, -0.2) is 24.1 Å². The molecule has 1 aliphatic rings. The van der Waals surface area contributed by atoms with E-state index in [2.05, 4.69) is 43.4 Å². The van der Waals surface area contributed by atoms with E-state index in [1.54, 1.807) is 24.3 Å². The molecule has 0 amide bonds. The van der Waals surface area contributed by atoms with Crippen molar-refractivity contribution in [3.63, 3.8) is 0 Å². The standard InChI is InChI=1S/C21H21N3O/c1-21(2)12-16-8-9-17(23-3)10-18(16)19(24-21)11-20(25)15-6-4-14(13-22)5-7-15/h4-10,23H,11-12H2,1-3H3. The van der Waals surface area contributed by atoms with Gasteiger partial charge >= 0.3 is 0 Å². The smallest absolute Gasteiger partial charge is 0.168 e. The van der Waals surface area contributed by atoms with Crippen molar-refractivity contribution >= 4 is 17.2 Å². The maximum absolute atomic E-state index is 12.7. The number of nitriles is 1. The van der Waals surface area contributed by atoms with Crippen molar-refractivity contribution in [2.24, 2.45) is 4.99 Å². The summed E-state index contributed by atoms with van der Waals surface area (Å²) < 4.78 is 0. The molecule has 0 radical (unpaired) electrons. The van der Waals surface area contributed by atoms with E-state index in [-0.39, 0.29) is 17.7 Å². The van der Waals surface area contributed by atoms with Crippen LogP contribution in [0, 0.1) is 11.3 Å². The van der Waals surface area contributed by atoms with Crippen LogP contribution in [0.5, 0.6) is 0 Å². The van der Waals surface area contributed by atoms with Gasteiger partial charge in [0.2, 0.25) is 0 Å². The molecule has 2 aromatic rings. The van der Waals surface area contributed by atoms with E-state index in [0.717, 1.165) is 23.4 Å². The Morgan fingerprint density at radius 2 is 1.96 bits per heavy atom. The van der Waals surface area contributed by atoms with Crippen LogP contribution in [0.1, 0.15) is 47.3 Å². The Morgan fingerprint density at radius 3 is 2.60 bits per heavy atom. The molecule has 0 saturated heterocycles. The average Bonchev–Trinajstić information content (AvgIpc) is 2.60.